The van der Waals surface area contributed by atoms with Gasteiger partial charge in [-0.05, 0) is 37.8 Å². The van der Waals surface area contributed by atoms with Crippen molar-refractivity contribution in [2.75, 3.05) is 6.61 Å². The van der Waals surface area contributed by atoms with E-state index in [0.29, 0.717) is 11.5 Å². The van der Waals surface area contributed by atoms with Gasteiger partial charge in [-0.3, -0.25) is 9.48 Å². The number of Topliss-reactive ketones (excluding diaryl/α,β-unsaturated/α-hetero) is 1. The predicted molar refractivity (Wildman–Crippen MR) is 102 cm³/mol. The van der Waals surface area contributed by atoms with Crippen LogP contribution in [-0.4, -0.2) is 28.1 Å². The third kappa shape index (κ3) is 4.69. The number of ketones is 1. The van der Waals surface area contributed by atoms with Crippen molar-refractivity contribution >= 4 is 17.8 Å². The van der Waals surface area contributed by atoms with Crippen LogP contribution < -0.4 is 0 Å². The van der Waals surface area contributed by atoms with E-state index in [2.05, 4.69) is 18.9 Å². The topological polar surface area (TPSA) is 61.2 Å². The first kappa shape index (κ1) is 19.6. The van der Waals surface area contributed by atoms with Gasteiger partial charge in [0.15, 0.2) is 12.4 Å². The summed E-state index contributed by atoms with van der Waals surface area (Å²) < 4.78 is 6.82. The molecule has 1 atom stereocenters. The molecule has 0 amide bonds. The van der Waals surface area contributed by atoms with Crippen LogP contribution in [0.4, 0.5) is 0 Å². The van der Waals surface area contributed by atoms with Crippen molar-refractivity contribution in [3.63, 3.8) is 0 Å². The molecule has 2 aromatic rings. The summed E-state index contributed by atoms with van der Waals surface area (Å²) in [5, 5.41) is 4.29. The number of esters is 1. The zero-order chi connectivity index (χ0) is 19.3. The van der Waals surface area contributed by atoms with E-state index in [1.165, 1.54) is 11.6 Å². The Balaban J connectivity index is 1.92. The van der Waals surface area contributed by atoms with Gasteiger partial charge in [-0.2, -0.15) is 5.10 Å². The van der Waals surface area contributed by atoms with Gasteiger partial charge < -0.3 is 4.74 Å². The standard InChI is InChI=1S/C21H26N2O3/c1-6-14(2)17-7-9-18(10-8-17)20(24)13-26-21(25)12-11-19-15(3)22-23(5)16(19)4/h7-12,14H,6,13H2,1-5H3/b12-11+/t14-/m0/s1. The van der Waals surface area contributed by atoms with Crippen molar-refractivity contribution in [2.45, 2.75) is 40.0 Å². The molecule has 0 bridgehead atoms. The van der Waals surface area contributed by atoms with Gasteiger partial charge in [-0.1, -0.05) is 38.1 Å². The number of aromatic nitrogens is 2. The van der Waals surface area contributed by atoms with Gasteiger partial charge in [0, 0.05) is 29.9 Å². The van der Waals surface area contributed by atoms with Gasteiger partial charge in [-0.25, -0.2) is 4.79 Å². The van der Waals surface area contributed by atoms with Gasteiger partial charge in [0.25, 0.3) is 0 Å². The van der Waals surface area contributed by atoms with Crippen LogP contribution in [-0.2, 0) is 16.6 Å². The van der Waals surface area contributed by atoms with E-state index in [9.17, 15) is 9.59 Å². The van der Waals surface area contributed by atoms with Crippen LogP contribution in [0.2, 0.25) is 0 Å². The van der Waals surface area contributed by atoms with Gasteiger partial charge in [0.05, 0.1) is 5.69 Å². The number of aryl methyl sites for hydroxylation is 2. The second-order valence-electron chi connectivity index (χ2n) is 6.50. The van der Waals surface area contributed by atoms with Crippen molar-refractivity contribution < 1.29 is 14.3 Å². The number of benzene rings is 1. The molecule has 138 valence electrons. The van der Waals surface area contributed by atoms with Crippen molar-refractivity contribution in [1.82, 2.24) is 9.78 Å². The molecule has 0 aliphatic carbocycles. The van der Waals surface area contributed by atoms with Gasteiger partial charge in [-0.15, -0.1) is 0 Å². The first-order valence-electron chi connectivity index (χ1n) is 8.81. The molecule has 2 rings (SSSR count). The maximum Gasteiger partial charge on any atom is 0.331 e. The fourth-order valence-electron chi connectivity index (χ4n) is 2.68. The third-order valence-corrected chi connectivity index (χ3v) is 4.71. The SMILES string of the molecule is CC[C@H](C)c1ccc(C(=O)COC(=O)/C=C/c2c(C)nn(C)c2C)cc1. The number of ether oxygens (including phenoxy) is 1. The molecule has 1 heterocycles. The van der Waals surface area contributed by atoms with E-state index < -0.39 is 5.97 Å². The van der Waals surface area contributed by atoms with E-state index >= 15 is 0 Å². The second-order valence-corrected chi connectivity index (χ2v) is 6.50. The summed E-state index contributed by atoms with van der Waals surface area (Å²) in [7, 11) is 1.85. The summed E-state index contributed by atoms with van der Waals surface area (Å²) in [6.45, 7) is 7.82. The van der Waals surface area contributed by atoms with Crippen LogP contribution in [0.15, 0.2) is 30.3 Å². The fraction of sp³-hybridized carbons (Fsp3) is 0.381. The molecule has 0 aliphatic rings. The minimum atomic E-state index is -0.544. The number of carbonyl (C=O) groups is 2. The fourth-order valence-corrected chi connectivity index (χ4v) is 2.68. The highest BCUT2D eigenvalue weighted by molar-refractivity contribution is 5.99. The zero-order valence-electron chi connectivity index (χ0n) is 16.1. The molecule has 0 spiro atoms. The van der Waals surface area contributed by atoms with E-state index in [0.717, 1.165) is 23.4 Å². The molecule has 5 nitrogen and oxygen atoms in total. The van der Waals surface area contributed by atoms with Gasteiger partial charge >= 0.3 is 5.97 Å². The first-order valence-corrected chi connectivity index (χ1v) is 8.81. The van der Waals surface area contributed by atoms with Crippen LogP contribution in [0.1, 0.15) is 59.1 Å². The van der Waals surface area contributed by atoms with E-state index in [4.69, 9.17) is 4.74 Å². The number of hydrogen-bond acceptors (Lipinski definition) is 4. The van der Waals surface area contributed by atoms with Crippen LogP contribution in [0.5, 0.6) is 0 Å². The number of hydrogen-bond donors (Lipinski definition) is 0. The Morgan fingerprint density at radius 2 is 1.88 bits per heavy atom. The molecule has 0 radical (unpaired) electrons. The van der Waals surface area contributed by atoms with Gasteiger partial charge in [0.1, 0.15) is 0 Å². The molecule has 0 unspecified atom stereocenters. The molecular weight excluding hydrogens is 328 g/mol. The highest BCUT2D eigenvalue weighted by atomic mass is 16.5. The monoisotopic (exact) mass is 354 g/mol. The molecule has 1 aromatic heterocycles. The molecule has 1 aromatic carbocycles. The molecule has 0 aliphatic heterocycles. The molecule has 0 saturated carbocycles. The largest absolute Gasteiger partial charge is 0.454 e. The van der Waals surface area contributed by atoms with Crippen LogP contribution in [0, 0.1) is 13.8 Å². The molecule has 0 fully saturated rings. The quantitative estimate of drug-likeness (QED) is 0.428. The Morgan fingerprint density at radius 3 is 2.42 bits per heavy atom. The van der Waals surface area contributed by atoms with E-state index in [1.54, 1.807) is 22.9 Å². The molecule has 0 N–H and O–H groups in total. The minimum Gasteiger partial charge on any atom is -0.454 e. The van der Waals surface area contributed by atoms with Crippen LogP contribution >= 0.6 is 0 Å². The highest BCUT2D eigenvalue weighted by Crippen LogP contribution is 2.19. The average Bonchev–Trinajstić information content (AvgIpc) is 2.89. The average molecular weight is 354 g/mol. The summed E-state index contributed by atoms with van der Waals surface area (Å²) in [5.41, 5.74) is 4.44. The highest BCUT2D eigenvalue weighted by Gasteiger charge is 2.11. The maximum atomic E-state index is 12.2. The molecule has 5 heteroatoms. The minimum absolute atomic E-state index is 0.212. The predicted octanol–water partition coefficient (Wildman–Crippen LogP) is 3.99. The molecule has 26 heavy (non-hydrogen) atoms. The Kier molecular flexibility index (Phi) is 6.50. The normalized spacial score (nSPS) is 12.3. The van der Waals surface area contributed by atoms with Gasteiger partial charge in [0.2, 0.25) is 0 Å². The molecular formula is C21H26N2O3. The van der Waals surface area contributed by atoms with Crippen molar-refractivity contribution in [2.24, 2.45) is 7.05 Å². The van der Waals surface area contributed by atoms with Crippen molar-refractivity contribution in [3.05, 3.63) is 58.4 Å². The van der Waals surface area contributed by atoms with Crippen LogP contribution in [0.3, 0.4) is 0 Å². The summed E-state index contributed by atoms with van der Waals surface area (Å²) in [5.74, 6) is -0.296. The first-order chi connectivity index (χ1) is 12.3. The summed E-state index contributed by atoms with van der Waals surface area (Å²) in [6.07, 6.45) is 4.05. The Labute approximate surface area is 154 Å². The smallest absolute Gasteiger partial charge is 0.331 e. The lowest BCUT2D eigenvalue weighted by Crippen LogP contribution is -2.12. The lowest BCUT2D eigenvalue weighted by atomic mass is 9.97. The van der Waals surface area contributed by atoms with E-state index in [-0.39, 0.29) is 12.4 Å². The van der Waals surface area contributed by atoms with Crippen molar-refractivity contribution in [1.29, 1.82) is 0 Å². The summed E-state index contributed by atoms with van der Waals surface area (Å²) in [6, 6.07) is 7.49. The Hall–Kier alpha value is -2.69. The Morgan fingerprint density at radius 1 is 1.23 bits per heavy atom. The summed E-state index contributed by atoms with van der Waals surface area (Å²) >= 11 is 0. The van der Waals surface area contributed by atoms with E-state index in [1.807, 2.05) is 33.0 Å². The number of nitrogens with zero attached hydrogens (tertiary/aromatic N) is 2. The lowest BCUT2D eigenvalue weighted by Gasteiger charge is -2.09. The third-order valence-electron chi connectivity index (χ3n) is 4.71. The molecule has 0 saturated heterocycles. The zero-order valence-corrected chi connectivity index (χ0v) is 16.1. The van der Waals surface area contributed by atoms with Crippen molar-refractivity contribution in [3.8, 4) is 0 Å². The number of carbonyl (C=O) groups excluding carboxylic acids is 2. The summed E-state index contributed by atoms with van der Waals surface area (Å²) in [4.78, 5) is 24.0. The Bertz CT molecular complexity index is 817. The number of rotatable bonds is 7. The second kappa shape index (κ2) is 8.61. The lowest BCUT2D eigenvalue weighted by molar-refractivity contribution is -0.136. The maximum absolute atomic E-state index is 12.2. The van der Waals surface area contributed by atoms with Crippen LogP contribution in [0.25, 0.3) is 6.08 Å².